The van der Waals surface area contributed by atoms with E-state index in [0.29, 0.717) is 11.7 Å². The molecule has 0 aliphatic carbocycles. The second-order valence-corrected chi connectivity index (χ2v) is 6.41. The van der Waals surface area contributed by atoms with Gasteiger partial charge in [0.15, 0.2) is 5.82 Å². The molecule has 0 amide bonds. The number of piperazine rings is 1. The van der Waals surface area contributed by atoms with Crippen LogP contribution in [0.5, 0.6) is 0 Å². The summed E-state index contributed by atoms with van der Waals surface area (Å²) in [6.45, 7) is 8.53. The van der Waals surface area contributed by atoms with E-state index in [1.165, 1.54) is 12.8 Å². The van der Waals surface area contributed by atoms with Crippen LogP contribution in [0.3, 0.4) is 0 Å². The summed E-state index contributed by atoms with van der Waals surface area (Å²) in [5.74, 6) is 3.28. The van der Waals surface area contributed by atoms with Gasteiger partial charge in [-0.3, -0.25) is 4.90 Å². The molecule has 0 aromatic carbocycles. The number of nitrogens with zero attached hydrogens (tertiary/aromatic N) is 7. The van der Waals surface area contributed by atoms with Crippen molar-refractivity contribution in [1.82, 2.24) is 25.0 Å². The summed E-state index contributed by atoms with van der Waals surface area (Å²) in [6.07, 6.45) is 4.35. The van der Waals surface area contributed by atoms with Gasteiger partial charge in [0.1, 0.15) is 5.82 Å². The fourth-order valence-electron chi connectivity index (χ4n) is 3.32. The van der Waals surface area contributed by atoms with Crippen LogP contribution in [0.25, 0.3) is 0 Å². The second-order valence-electron chi connectivity index (χ2n) is 6.41. The third-order valence-electron chi connectivity index (χ3n) is 4.64. The average molecular weight is 329 g/mol. The highest BCUT2D eigenvalue weighted by atomic mass is 16.5. The van der Waals surface area contributed by atoms with Gasteiger partial charge in [-0.25, -0.2) is 4.98 Å². The van der Waals surface area contributed by atoms with Crippen molar-refractivity contribution in [3.05, 3.63) is 24.0 Å². The monoisotopic (exact) mass is 329 g/mol. The predicted octanol–water partition coefficient (Wildman–Crippen LogP) is 1.09. The summed E-state index contributed by atoms with van der Waals surface area (Å²) in [5, 5.41) is 3.85. The lowest BCUT2D eigenvalue weighted by Crippen LogP contribution is -2.46. The highest BCUT2D eigenvalue weighted by Crippen LogP contribution is 2.20. The van der Waals surface area contributed by atoms with Gasteiger partial charge in [0.25, 0.3) is 0 Å². The van der Waals surface area contributed by atoms with Crippen LogP contribution in [-0.2, 0) is 6.54 Å². The van der Waals surface area contributed by atoms with Gasteiger partial charge in [-0.15, -0.1) is 0 Å². The molecule has 2 aromatic rings. The smallest absolute Gasteiger partial charge is 0.240 e. The third-order valence-corrected chi connectivity index (χ3v) is 4.64. The van der Waals surface area contributed by atoms with Crippen LogP contribution in [0.2, 0.25) is 0 Å². The van der Waals surface area contributed by atoms with Crippen molar-refractivity contribution in [2.75, 3.05) is 49.1 Å². The molecule has 2 aliphatic heterocycles. The number of aryl methyl sites for hydroxylation is 1. The summed E-state index contributed by atoms with van der Waals surface area (Å²) in [6, 6.07) is 2.01. The Morgan fingerprint density at radius 2 is 1.79 bits per heavy atom. The minimum Gasteiger partial charge on any atom is -0.354 e. The number of anilines is 2. The summed E-state index contributed by atoms with van der Waals surface area (Å²) in [4.78, 5) is 20.4. The van der Waals surface area contributed by atoms with Gasteiger partial charge < -0.3 is 14.3 Å². The van der Waals surface area contributed by atoms with E-state index >= 15 is 0 Å². The van der Waals surface area contributed by atoms with Crippen LogP contribution < -0.4 is 9.80 Å². The van der Waals surface area contributed by atoms with Crippen LogP contribution in [0.1, 0.15) is 24.6 Å². The SMILES string of the molecule is Cc1noc(CN2CCN(c3ccnc(N4CCCC4)n3)CC2)n1. The molecule has 0 atom stereocenters. The van der Waals surface area contributed by atoms with Gasteiger partial charge in [0.05, 0.1) is 6.54 Å². The Bertz CT molecular complexity index is 675. The van der Waals surface area contributed by atoms with Crippen LogP contribution in [0.4, 0.5) is 11.8 Å². The van der Waals surface area contributed by atoms with Crippen LogP contribution in [-0.4, -0.2) is 64.3 Å². The van der Waals surface area contributed by atoms with Crippen LogP contribution in [0.15, 0.2) is 16.8 Å². The quantitative estimate of drug-likeness (QED) is 0.825. The Balaban J connectivity index is 1.36. The van der Waals surface area contributed by atoms with Gasteiger partial charge in [-0.1, -0.05) is 5.16 Å². The van der Waals surface area contributed by atoms with E-state index in [2.05, 4.69) is 29.8 Å². The summed E-state index contributed by atoms with van der Waals surface area (Å²) >= 11 is 0. The molecule has 0 unspecified atom stereocenters. The Hall–Kier alpha value is -2.22. The zero-order valence-electron chi connectivity index (χ0n) is 14.1. The van der Waals surface area contributed by atoms with E-state index in [0.717, 1.165) is 57.6 Å². The Morgan fingerprint density at radius 3 is 2.50 bits per heavy atom. The summed E-state index contributed by atoms with van der Waals surface area (Å²) in [5.41, 5.74) is 0. The molecule has 4 heterocycles. The number of rotatable bonds is 4. The molecule has 0 bridgehead atoms. The molecular formula is C16H23N7O. The van der Waals surface area contributed by atoms with E-state index in [1.807, 2.05) is 19.2 Å². The van der Waals surface area contributed by atoms with Crippen molar-refractivity contribution >= 4 is 11.8 Å². The molecular weight excluding hydrogens is 306 g/mol. The highest BCUT2D eigenvalue weighted by molar-refractivity contribution is 5.44. The molecule has 0 spiro atoms. The first-order chi connectivity index (χ1) is 11.8. The second kappa shape index (κ2) is 6.72. The summed E-state index contributed by atoms with van der Waals surface area (Å²) < 4.78 is 5.21. The normalized spacial score (nSPS) is 19.2. The molecule has 8 nitrogen and oxygen atoms in total. The number of hydrogen-bond donors (Lipinski definition) is 0. The van der Waals surface area contributed by atoms with E-state index in [9.17, 15) is 0 Å². The minimum absolute atomic E-state index is 0.694. The largest absolute Gasteiger partial charge is 0.354 e. The van der Waals surface area contributed by atoms with Crippen molar-refractivity contribution in [3.8, 4) is 0 Å². The Labute approximate surface area is 141 Å². The van der Waals surface area contributed by atoms with E-state index in [-0.39, 0.29) is 0 Å². The fourth-order valence-corrected chi connectivity index (χ4v) is 3.32. The molecule has 8 heteroatoms. The Morgan fingerprint density at radius 1 is 1.00 bits per heavy atom. The first kappa shape index (κ1) is 15.3. The topological polar surface area (TPSA) is 74.4 Å². The predicted molar refractivity (Wildman–Crippen MR) is 90.0 cm³/mol. The molecule has 128 valence electrons. The molecule has 0 saturated carbocycles. The molecule has 24 heavy (non-hydrogen) atoms. The van der Waals surface area contributed by atoms with Crippen LogP contribution >= 0.6 is 0 Å². The van der Waals surface area contributed by atoms with Gasteiger partial charge in [-0.05, 0) is 25.8 Å². The van der Waals surface area contributed by atoms with Crippen molar-refractivity contribution in [2.24, 2.45) is 0 Å². The highest BCUT2D eigenvalue weighted by Gasteiger charge is 2.21. The van der Waals surface area contributed by atoms with E-state index in [1.54, 1.807) is 0 Å². The lowest BCUT2D eigenvalue weighted by atomic mass is 10.3. The standard InChI is InChI=1S/C16H23N7O/c1-13-18-15(24-20-13)12-21-8-10-22(11-9-21)14-4-5-17-16(19-14)23-6-2-3-7-23/h4-5H,2-3,6-12H2,1H3. The third kappa shape index (κ3) is 3.33. The molecule has 2 saturated heterocycles. The lowest BCUT2D eigenvalue weighted by Gasteiger charge is -2.34. The van der Waals surface area contributed by atoms with Gasteiger partial charge in [0.2, 0.25) is 11.8 Å². The maximum absolute atomic E-state index is 5.21. The maximum atomic E-state index is 5.21. The van der Waals surface area contributed by atoms with Crippen molar-refractivity contribution in [1.29, 1.82) is 0 Å². The molecule has 2 fully saturated rings. The van der Waals surface area contributed by atoms with Crippen LogP contribution in [0, 0.1) is 6.92 Å². The summed E-state index contributed by atoms with van der Waals surface area (Å²) in [7, 11) is 0. The fraction of sp³-hybridized carbons (Fsp3) is 0.625. The number of aromatic nitrogens is 4. The molecule has 0 radical (unpaired) electrons. The molecule has 2 aromatic heterocycles. The Kier molecular flexibility index (Phi) is 4.29. The van der Waals surface area contributed by atoms with E-state index in [4.69, 9.17) is 9.51 Å². The average Bonchev–Trinajstić information content (AvgIpc) is 3.28. The zero-order chi connectivity index (χ0) is 16.4. The minimum atomic E-state index is 0.694. The van der Waals surface area contributed by atoms with Crippen molar-refractivity contribution < 1.29 is 4.52 Å². The molecule has 0 N–H and O–H groups in total. The zero-order valence-corrected chi connectivity index (χ0v) is 14.1. The van der Waals surface area contributed by atoms with Crippen molar-refractivity contribution in [2.45, 2.75) is 26.3 Å². The molecule has 2 aliphatic rings. The lowest BCUT2D eigenvalue weighted by molar-refractivity contribution is 0.215. The van der Waals surface area contributed by atoms with Crippen molar-refractivity contribution in [3.63, 3.8) is 0 Å². The van der Waals surface area contributed by atoms with Gasteiger partial charge in [-0.2, -0.15) is 9.97 Å². The van der Waals surface area contributed by atoms with E-state index < -0.39 is 0 Å². The molecule has 4 rings (SSSR count). The van der Waals surface area contributed by atoms with Gasteiger partial charge in [0, 0.05) is 45.5 Å². The maximum Gasteiger partial charge on any atom is 0.240 e. The first-order valence-corrected chi connectivity index (χ1v) is 8.62. The van der Waals surface area contributed by atoms with Gasteiger partial charge >= 0.3 is 0 Å². The first-order valence-electron chi connectivity index (χ1n) is 8.62. The number of hydrogen-bond acceptors (Lipinski definition) is 8.